The van der Waals surface area contributed by atoms with Crippen molar-refractivity contribution in [2.75, 3.05) is 18.9 Å². The van der Waals surface area contributed by atoms with Crippen molar-refractivity contribution in [3.8, 4) is 11.1 Å². The second kappa shape index (κ2) is 9.86. The van der Waals surface area contributed by atoms with Crippen LogP contribution in [0.15, 0.2) is 83.8 Å². The molecule has 0 bridgehead atoms. The van der Waals surface area contributed by atoms with Crippen molar-refractivity contribution in [2.45, 2.75) is 23.3 Å². The fourth-order valence-corrected chi connectivity index (χ4v) is 4.85. The number of carbonyl (C=O) groups is 1. The minimum atomic E-state index is -3.54. The number of sulfone groups is 1. The first-order valence-corrected chi connectivity index (χ1v) is 12.5. The number of hydrogen-bond acceptors (Lipinski definition) is 5. The quantitative estimate of drug-likeness (QED) is 0.468. The fourth-order valence-electron chi connectivity index (χ4n) is 3.63. The largest absolute Gasteiger partial charge is 0.464 e. The van der Waals surface area contributed by atoms with Crippen molar-refractivity contribution in [1.82, 2.24) is 5.32 Å². The zero-order valence-electron chi connectivity index (χ0n) is 17.4. The molecule has 0 unspecified atom stereocenters. The fraction of sp³-hybridized carbons (Fsp3) is 0.240. The molecule has 1 N–H and O–H groups in total. The molecule has 3 aromatic rings. The van der Waals surface area contributed by atoms with Crippen LogP contribution < -0.4 is 5.32 Å². The lowest BCUT2D eigenvalue weighted by atomic mass is 10.1. The highest BCUT2D eigenvalue weighted by Gasteiger charge is 2.38. The van der Waals surface area contributed by atoms with Crippen LogP contribution in [0.1, 0.15) is 17.9 Å². The number of rotatable bonds is 9. The summed E-state index contributed by atoms with van der Waals surface area (Å²) in [6.45, 7) is -0.0988. The second-order valence-electron chi connectivity index (χ2n) is 7.81. The van der Waals surface area contributed by atoms with Crippen molar-refractivity contribution >= 4 is 27.4 Å². The van der Waals surface area contributed by atoms with Gasteiger partial charge in [-0.25, -0.2) is 8.42 Å². The van der Waals surface area contributed by atoms with E-state index in [2.05, 4.69) is 17.4 Å². The van der Waals surface area contributed by atoms with Gasteiger partial charge < -0.3 is 10.1 Å². The van der Waals surface area contributed by atoms with E-state index in [9.17, 15) is 13.2 Å². The number of esters is 1. The van der Waals surface area contributed by atoms with Gasteiger partial charge in [0.05, 0.1) is 17.2 Å². The van der Waals surface area contributed by atoms with Crippen LogP contribution in [0, 0.1) is 0 Å². The smallest absolute Gasteiger partial charge is 0.319 e. The summed E-state index contributed by atoms with van der Waals surface area (Å²) in [5.74, 6) is -0.285. The van der Waals surface area contributed by atoms with Gasteiger partial charge in [0.15, 0.2) is 9.84 Å². The van der Waals surface area contributed by atoms with Gasteiger partial charge >= 0.3 is 5.97 Å². The Hall–Kier alpha value is -2.67. The van der Waals surface area contributed by atoms with E-state index >= 15 is 0 Å². The molecule has 0 spiro atoms. The van der Waals surface area contributed by atoms with Crippen LogP contribution in [0.5, 0.6) is 0 Å². The van der Waals surface area contributed by atoms with E-state index in [0.29, 0.717) is 10.9 Å². The second-order valence-corrected chi connectivity index (χ2v) is 10.4. The van der Waals surface area contributed by atoms with Gasteiger partial charge in [-0.05, 0) is 47.4 Å². The van der Waals surface area contributed by atoms with Crippen molar-refractivity contribution in [2.24, 2.45) is 0 Å². The molecule has 3 aromatic carbocycles. The SMILES string of the molecule is O=C(CN[C@H]1C[C@@H]1c1ccccc1)OCCS(=O)(=O)c1ccc(-c2ccc(Cl)cc2)cc1. The summed E-state index contributed by atoms with van der Waals surface area (Å²) in [6, 6.07) is 24.4. The third-order valence-electron chi connectivity index (χ3n) is 5.53. The van der Waals surface area contributed by atoms with Crippen molar-refractivity contribution in [1.29, 1.82) is 0 Å². The van der Waals surface area contributed by atoms with Crippen LogP contribution in [0.3, 0.4) is 0 Å². The van der Waals surface area contributed by atoms with E-state index in [1.165, 1.54) is 5.56 Å². The van der Waals surface area contributed by atoms with Gasteiger partial charge in [-0.3, -0.25) is 4.79 Å². The van der Waals surface area contributed by atoms with Gasteiger partial charge in [0, 0.05) is 17.0 Å². The first-order chi connectivity index (χ1) is 15.4. The molecule has 1 aliphatic carbocycles. The summed E-state index contributed by atoms with van der Waals surface area (Å²) in [4.78, 5) is 12.2. The minimum absolute atomic E-state index is 0.0733. The predicted octanol–water partition coefficient (Wildman–Crippen LogP) is 4.47. The lowest BCUT2D eigenvalue weighted by molar-refractivity contribution is -0.141. The molecule has 0 saturated heterocycles. The Bertz CT molecular complexity index is 1160. The first kappa shape index (κ1) is 22.5. The summed E-state index contributed by atoms with van der Waals surface area (Å²) < 4.78 is 30.2. The Morgan fingerprint density at radius 1 is 0.938 bits per heavy atom. The predicted molar refractivity (Wildman–Crippen MR) is 125 cm³/mol. The number of ether oxygens (including phenoxy) is 1. The number of halogens is 1. The first-order valence-electron chi connectivity index (χ1n) is 10.4. The molecule has 0 aliphatic heterocycles. The molecule has 166 valence electrons. The Labute approximate surface area is 193 Å². The molecule has 5 nitrogen and oxygen atoms in total. The van der Waals surface area contributed by atoms with E-state index in [1.807, 2.05) is 30.3 Å². The van der Waals surface area contributed by atoms with Gasteiger partial charge in [0.1, 0.15) is 6.61 Å². The van der Waals surface area contributed by atoms with Crippen LogP contribution in [0.4, 0.5) is 0 Å². The molecule has 1 fully saturated rings. The monoisotopic (exact) mass is 469 g/mol. The normalized spacial score (nSPS) is 17.7. The van der Waals surface area contributed by atoms with E-state index in [0.717, 1.165) is 17.5 Å². The van der Waals surface area contributed by atoms with E-state index in [-0.39, 0.29) is 29.8 Å². The van der Waals surface area contributed by atoms with Gasteiger partial charge in [-0.2, -0.15) is 0 Å². The maximum atomic E-state index is 12.6. The third kappa shape index (κ3) is 5.76. The van der Waals surface area contributed by atoms with Gasteiger partial charge in [0.25, 0.3) is 0 Å². The molecule has 7 heteroatoms. The topological polar surface area (TPSA) is 72.5 Å². The summed E-state index contributed by atoms with van der Waals surface area (Å²) in [5.41, 5.74) is 3.10. The van der Waals surface area contributed by atoms with E-state index in [1.54, 1.807) is 36.4 Å². The zero-order chi connectivity index (χ0) is 22.6. The number of hydrogen-bond donors (Lipinski definition) is 1. The Kier molecular flexibility index (Phi) is 6.94. The number of benzene rings is 3. The Balaban J connectivity index is 1.22. The van der Waals surface area contributed by atoms with Crippen LogP contribution in [0.25, 0.3) is 11.1 Å². The van der Waals surface area contributed by atoms with Gasteiger partial charge in [-0.15, -0.1) is 0 Å². The van der Waals surface area contributed by atoms with E-state index in [4.69, 9.17) is 16.3 Å². The van der Waals surface area contributed by atoms with Crippen molar-refractivity contribution in [3.05, 3.63) is 89.4 Å². The summed E-state index contributed by atoms with van der Waals surface area (Å²) in [7, 11) is -3.54. The van der Waals surface area contributed by atoms with E-state index < -0.39 is 15.8 Å². The molecule has 2 atom stereocenters. The highest BCUT2D eigenvalue weighted by atomic mass is 35.5. The molecule has 1 aliphatic rings. The number of carbonyl (C=O) groups excluding carboxylic acids is 1. The Morgan fingerprint density at radius 3 is 2.22 bits per heavy atom. The molecular weight excluding hydrogens is 446 g/mol. The highest BCUT2D eigenvalue weighted by molar-refractivity contribution is 7.91. The third-order valence-corrected chi connectivity index (χ3v) is 7.48. The molecule has 1 saturated carbocycles. The molecule has 0 heterocycles. The van der Waals surface area contributed by atoms with Crippen LogP contribution in [0.2, 0.25) is 5.02 Å². The average Bonchev–Trinajstić information content (AvgIpc) is 3.59. The van der Waals surface area contributed by atoms with Crippen molar-refractivity contribution < 1.29 is 17.9 Å². The average molecular weight is 470 g/mol. The van der Waals surface area contributed by atoms with Gasteiger partial charge in [0.2, 0.25) is 0 Å². The maximum absolute atomic E-state index is 12.6. The summed E-state index contributed by atoms with van der Waals surface area (Å²) in [5, 5.41) is 3.82. The molecule has 32 heavy (non-hydrogen) atoms. The lowest BCUT2D eigenvalue weighted by Crippen LogP contribution is -2.28. The van der Waals surface area contributed by atoms with Gasteiger partial charge in [-0.1, -0.05) is 66.2 Å². The number of nitrogens with one attached hydrogen (secondary N) is 1. The molecule has 0 radical (unpaired) electrons. The maximum Gasteiger partial charge on any atom is 0.319 e. The minimum Gasteiger partial charge on any atom is -0.464 e. The Morgan fingerprint density at radius 2 is 1.56 bits per heavy atom. The molecule has 4 rings (SSSR count). The van der Waals surface area contributed by atoms with Crippen LogP contribution in [-0.4, -0.2) is 39.3 Å². The van der Waals surface area contributed by atoms with Crippen LogP contribution >= 0.6 is 11.6 Å². The molecule has 0 aromatic heterocycles. The summed E-state index contributed by atoms with van der Waals surface area (Å²) in [6.07, 6.45) is 0.984. The molecule has 0 amide bonds. The lowest BCUT2D eigenvalue weighted by Gasteiger charge is -2.08. The molecular formula is C25H24ClNO4S. The van der Waals surface area contributed by atoms with Crippen LogP contribution in [-0.2, 0) is 19.4 Å². The highest BCUT2D eigenvalue weighted by Crippen LogP contribution is 2.40. The van der Waals surface area contributed by atoms with Crippen molar-refractivity contribution in [3.63, 3.8) is 0 Å². The standard InChI is InChI=1S/C25H24ClNO4S/c26-21-10-6-18(7-11-21)19-8-12-22(13-9-19)32(29,30)15-14-31-25(28)17-27-24-16-23(24)20-4-2-1-3-5-20/h1-13,23-24,27H,14-17H2/t23-,24+/m1/s1. The summed E-state index contributed by atoms with van der Waals surface area (Å²) >= 11 is 5.91. The zero-order valence-corrected chi connectivity index (χ0v) is 19.0.